The van der Waals surface area contributed by atoms with E-state index in [-0.39, 0.29) is 0 Å². The highest BCUT2D eigenvalue weighted by Gasteiger charge is 2.12. The van der Waals surface area contributed by atoms with Crippen LogP contribution < -0.4 is 14.8 Å². The third-order valence-electron chi connectivity index (χ3n) is 2.75. The highest BCUT2D eigenvalue weighted by molar-refractivity contribution is 6.32. The molecule has 0 spiro atoms. The van der Waals surface area contributed by atoms with Gasteiger partial charge in [-0.2, -0.15) is 0 Å². The number of benzene rings is 1. The minimum Gasteiger partial charge on any atom is -0.495 e. The molecular formula is C13H13Cl2N3O2. The summed E-state index contributed by atoms with van der Waals surface area (Å²) in [5, 5.41) is 3.99. The lowest BCUT2D eigenvalue weighted by molar-refractivity contribution is 0.405. The quantitative estimate of drug-likeness (QED) is 0.869. The molecule has 0 bridgehead atoms. The minimum absolute atomic E-state index is 0.391. The number of aromatic nitrogens is 2. The van der Waals surface area contributed by atoms with Crippen LogP contribution in [0.5, 0.6) is 11.5 Å². The molecule has 7 heteroatoms. The summed E-state index contributed by atoms with van der Waals surface area (Å²) in [5.74, 6) is 1.70. The number of anilines is 2. The Bertz CT molecular complexity index is 635. The van der Waals surface area contributed by atoms with Gasteiger partial charge in [0.2, 0.25) is 0 Å². The van der Waals surface area contributed by atoms with Crippen LogP contribution >= 0.6 is 23.2 Å². The van der Waals surface area contributed by atoms with Crippen molar-refractivity contribution in [1.82, 2.24) is 9.97 Å². The fourth-order valence-electron chi connectivity index (χ4n) is 1.64. The van der Waals surface area contributed by atoms with E-state index in [1.807, 2.05) is 6.92 Å². The maximum atomic E-state index is 6.06. The first-order valence-corrected chi connectivity index (χ1v) is 6.48. The van der Waals surface area contributed by atoms with Crippen LogP contribution in [0.3, 0.4) is 0 Å². The van der Waals surface area contributed by atoms with E-state index in [1.165, 1.54) is 6.33 Å². The molecule has 1 aromatic carbocycles. The van der Waals surface area contributed by atoms with E-state index >= 15 is 0 Å². The van der Waals surface area contributed by atoms with Crippen molar-refractivity contribution < 1.29 is 9.47 Å². The van der Waals surface area contributed by atoms with Crippen molar-refractivity contribution in [2.24, 2.45) is 0 Å². The summed E-state index contributed by atoms with van der Waals surface area (Å²) in [5.41, 5.74) is 1.41. The zero-order valence-corrected chi connectivity index (χ0v) is 12.7. The van der Waals surface area contributed by atoms with Gasteiger partial charge >= 0.3 is 0 Å². The van der Waals surface area contributed by atoms with E-state index in [1.54, 1.807) is 26.4 Å². The first kappa shape index (κ1) is 14.7. The standard InChI is InChI=1S/C13H13Cl2N3O2/c1-7-12(15)16-6-17-13(7)18-9-5-10(19-2)8(14)4-11(9)20-3/h4-6H,1-3H3,(H,16,17,18). The average molecular weight is 314 g/mol. The molecule has 0 aliphatic heterocycles. The molecule has 0 saturated heterocycles. The van der Waals surface area contributed by atoms with Crippen LogP contribution in [-0.4, -0.2) is 24.2 Å². The lowest BCUT2D eigenvalue weighted by Gasteiger charge is -2.14. The predicted molar refractivity (Wildman–Crippen MR) is 79.6 cm³/mol. The van der Waals surface area contributed by atoms with Gasteiger partial charge in [-0.1, -0.05) is 23.2 Å². The zero-order chi connectivity index (χ0) is 14.7. The molecular weight excluding hydrogens is 301 g/mol. The Labute approximate surface area is 126 Å². The van der Waals surface area contributed by atoms with Crippen LogP contribution in [0.1, 0.15) is 5.56 Å². The van der Waals surface area contributed by atoms with Crippen molar-refractivity contribution in [3.63, 3.8) is 0 Å². The largest absolute Gasteiger partial charge is 0.495 e. The van der Waals surface area contributed by atoms with Crippen LogP contribution in [0.2, 0.25) is 10.2 Å². The summed E-state index contributed by atoms with van der Waals surface area (Å²) >= 11 is 12.0. The van der Waals surface area contributed by atoms with Crippen molar-refractivity contribution in [2.75, 3.05) is 19.5 Å². The number of nitrogens with one attached hydrogen (secondary N) is 1. The van der Waals surface area contributed by atoms with Gasteiger partial charge in [0, 0.05) is 17.7 Å². The van der Waals surface area contributed by atoms with E-state index in [9.17, 15) is 0 Å². The molecule has 0 atom stereocenters. The highest BCUT2D eigenvalue weighted by Crippen LogP contribution is 2.37. The smallest absolute Gasteiger partial charge is 0.144 e. The van der Waals surface area contributed by atoms with E-state index in [2.05, 4.69) is 15.3 Å². The topological polar surface area (TPSA) is 56.3 Å². The first-order chi connectivity index (χ1) is 9.56. The fourth-order valence-corrected chi connectivity index (χ4v) is 2.00. The van der Waals surface area contributed by atoms with Crippen LogP contribution in [0.15, 0.2) is 18.5 Å². The van der Waals surface area contributed by atoms with Gasteiger partial charge in [-0.05, 0) is 6.92 Å². The van der Waals surface area contributed by atoms with Crippen molar-refractivity contribution in [3.8, 4) is 11.5 Å². The Hall–Kier alpha value is -1.72. The number of ether oxygens (including phenoxy) is 2. The summed E-state index contributed by atoms with van der Waals surface area (Å²) in [6, 6.07) is 3.40. The lowest BCUT2D eigenvalue weighted by Crippen LogP contribution is -2.01. The normalized spacial score (nSPS) is 10.2. The lowest BCUT2D eigenvalue weighted by atomic mass is 10.2. The third-order valence-corrected chi connectivity index (χ3v) is 3.43. The van der Waals surface area contributed by atoms with Gasteiger partial charge in [0.05, 0.1) is 24.9 Å². The molecule has 20 heavy (non-hydrogen) atoms. The summed E-state index contributed by atoms with van der Waals surface area (Å²) in [6.07, 6.45) is 1.39. The Balaban J connectivity index is 2.44. The Morgan fingerprint density at radius 1 is 1.05 bits per heavy atom. The maximum absolute atomic E-state index is 6.06. The van der Waals surface area contributed by atoms with Crippen molar-refractivity contribution in [2.45, 2.75) is 6.92 Å². The fraction of sp³-hybridized carbons (Fsp3) is 0.231. The molecule has 0 fully saturated rings. The molecule has 0 radical (unpaired) electrons. The third kappa shape index (κ3) is 2.89. The van der Waals surface area contributed by atoms with Gasteiger partial charge in [0.25, 0.3) is 0 Å². The molecule has 0 amide bonds. The van der Waals surface area contributed by atoms with Crippen LogP contribution in [0.25, 0.3) is 0 Å². The van der Waals surface area contributed by atoms with Gasteiger partial charge in [0.1, 0.15) is 28.8 Å². The zero-order valence-electron chi connectivity index (χ0n) is 11.2. The van der Waals surface area contributed by atoms with E-state index < -0.39 is 0 Å². The molecule has 2 aromatic rings. The number of methoxy groups -OCH3 is 2. The molecule has 0 unspecified atom stereocenters. The molecule has 1 aromatic heterocycles. The van der Waals surface area contributed by atoms with Gasteiger partial charge in [-0.15, -0.1) is 0 Å². The van der Waals surface area contributed by atoms with Crippen molar-refractivity contribution in [3.05, 3.63) is 34.2 Å². The van der Waals surface area contributed by atoms with Gasteiger partial charge < -0.3 is 14.8 Å². The van der Waals surface area contributed by atoms with Crippen LogP contribution in [-0.2, 0) is 0 Å². The second-order valence-electron chi connectivity index (χ2n) is 3.95. The highest BCUT2D eigenvalue weighted by atomic mass is 35.5. The van der Waals surface area contributed by atoms with Crippen molar-refractivity contribution in [1.29, 1.82) is 0 Å². The van der Waals surface area contributed by atoms with Crippen LogP contribution in [0.4, 0.5) is 11.5 Å². The maximum Gasteiger partial charge on any atom is 0.144 e. The predicted octanol–water partition coefficient (Wildman–Crippen LogP) is 3.85. The second kappa shape index (κ2) is 6.15. The number of hydrogen-bond donors (Lipinski definition) is 1. The molecule has 0 saturated carbocycles. The first-order valence-electron chi connectivity index (χ1n) is 5.72. The SMILES string of the molecule is COc1cc(Nc2ncnc(Cl)c2C)c(OC)cc1Cl. The monoisotopic (exact) mass is 313 g/mol. The summed E-state index contributed by atoms with van der Waals surface area (Å²) in [4.78, 5) is 8.06. The Kier molecular flexibility index (Phi) is 4.52. The van der Waals surface area contributed by atoms with Gasteiger partial charge in [-0.3, -0.25) is 0 Å². The summed E-state index contributed by atoms with van der Waals surface area (Å²) < 4.78 is 10.5. The number of halogens is 2. The second-order valence-corrected chi connectivity index (χ2v) is 4.72. The van der Waals surface area contributed by atoms with Gasteiger partial charge in [0.15, 0.2) is 0 Å². The average Bonchev–Trinajstić information content (AvgIpc) is 2.45. The van der Waals surface area contributed by atoms with E-state index in [4.69, 9.17) is 32.7 Å². The number of hydrogen-bond acceptors (Lipinski definition) is 5. The van der Waals surface area contributed by atoms with Crippen LogP contribution in [0, 0.1) is 6.92 Å². The molecule has 106 valence electrons. The molecule has 1 heterocycles. The molecule has 0 aliphatic carbocycles. The van der Waals surface area contributed by atoms with E-state index in [0.717, 1.165) is 5.56 Å². The minimum atomic E-state index is 0.391. The van der Waals surface area contributed by atoms with E-state index in [0.29, 0.717) is 33.2 Å². The number of nitrogens with zero attached hydrogens (tertiary/aromatic N) is 2. The Morgan fingerprint density at radius 3 is 2.40 bits per heavy atom. The summed E-state index contributed by atoms with van der Waals surface area (Å²) in [7, 11) is 3.10. The molecule has 1 N–H and O–H groups in total. The summed E-state index contributed by atoms with van der Waals surface area (Å²) in [6.45, 7) is 1.82. The van der Waals surface area contributed by atoms with Crippen molar-refractivity contribution >= 4 is 34.7 Å². The molecule has 2 rings (SSSR count). The van der Waals surface area contributed by atoms with Gasteiger partial charge in [-0.25, -0.2) is 9.97 Å². The number of rotatable bonds is 4. The molecule has 0 aliphatic rings. The molecule has 5 nitrogen and oxygen atoms in total. The Morgan fingerprint density at radius 2 is 1.75 bits per heavy atom.